The third-order valence-electron chi connectivity index (χ3n) is 3.94. The Bertz CT molecular complexity index is 398. The van der Waals surface area contributed by atoms with Crippen LogP contribution in [0.4, 0.5) is 0 Å². The first-order valence-corrected chi connectivity index (χ1v) is 7.11. The summed E-state index contributed by atoms with van der Waals surface area (Å²) in [4.78, 5) is 0. The summed E-state index contributed by atoms with van der Waals surface area (Å²) in [6.07, 6.45) is 3.79. The van der Waals surface area contributed by atoms with Gasteiger partial charge in [0.2, 0.25) is 0 Å². The summed E-state index contributed by atoms with van der Waals surface area (Å²) in [7, 11) is -1.43. The van der Waals surface area contributed by atoms with Crippen LogP contribution in [0.2, 0.25) is 0 Å². The molecule has 0 radical (unpaired) electrons. The first-order valence-electron chi connectivity index (χ1n) is 7.11. The predicted molar refractivity (Wildman–Crippen MR) is 77.0 cm³/mol. The van der Waals surface area contributed by atoms with Crippen molar-refractivity contribution in [1.29, 1.82) is 0 Å². The van der Waals surface area contributed by atoms with E-state index in [0.717, 1.165) is 18.4 Å². The molecule has 19 heavy (non-hydrogen) atoms. The van der Waals surface area contributed by atoms with Crippen LogP contribution in [0.1, 0.15) is 38.7 Å². The summed E-state index contributed by atoms with van der Waals surface area (Å²) in [5.41, 5.74) is 1.41. The Morgan fingerprint density at radius 1 is 1.11 bits per heavy atom. The van der Waals surface area contributed by atoms with Crippen molar-refractivity contribution >= 4 is 12.6 Å². The van der Waals surface area contributed by atoms with Crippen molar-refractivity contribution in [2.24, 2.45) is 11.8 Å². The lowest BCUT2D eigenvalue weighted by molar-refractivity contribution is -0.00892. The Morgan fingerprint density at radius 3 is 2.37 bits per heavy atom. The fourth-order valence-electron chi connectivity index (χ4n) is 3.13. The summed E-state index contributed by atoms with van der Waals surface area (Å²) in [5.74, 6) is 1.43. The third-order valence-corrected chi connectivity index (χ3v) is 3.94. The van der Waals surface area contributed by atoms with Crippen molar-refractivity contribution in [3.05, 3.63) is 29.8 Å². The molecule has 3 nitrogen and oxygen atoms in total. The summed E-state index contributed by atoms with van der Waals surface area (Å²) in [6.45, 7) is 5.01. The van der Waals surface area contributed by atoms with Gasteiger partial charge in [0.25, 0.3) is 0 Å². The zero-order chi connectivity index (χ0) is 13.8. The molecule has 0 amide bonds. The fraction of sp³-hybridized carbons (Fsp3) is 0.600. The first-order chi connectivity index (χ1) is 9.06. The van der Waals surface area contributed by atoms with Crippen LogP contribution < -0.4 is 5.46 Å². The molecule has 2 N–H and O–H groups in total. The highest BCUT2D eigenvalue weighted by atomic mass is 16.5. The summed E-state index contributed by atoms with van der Waals surface area (Å²) in [5, 5.41) is 18.7. The Balaban J connectivity index is 1.95. The molecule has 4 heteroatoms. The quantitative estimate of drug-likeness (QED) is 0.812. The topological polar surface area (TPSA) is 49.7 Å². The van der Waals surface area contributed by atoms with E-state index in [2.05, 4.69) is 13.8 Å². The standard InChI is InChI=1S/C15H23BO3/c1-11-7-12(2)9-14(8-11)19-10-13-5-3-4-6-15(13)16(17)18/h3-6,11-12,14,17-18H,7-10H2,1-2H3. The maximum Gasteiger partial charge on any atom is 0.488 e. The van der Waals surface area contributed by atoms with Crippen LogP contribution in [-0.4, -0.2) is 23.3 Å². The van der Waals surface area contributed by atoms with Gasteiger partial charge in [-0.3, -0.25) is 0 Å². The van der Waals surface area contributed by atoms with Gasteiger partial charge in [0.1, 0.15) is 0 Å². The lowest BCUT2D eigenvalue weighted by Gasteiger charge is -2.31. The van der Waals surface area contributed by atoms with Crippen LogP contribution in [0.3, 0.4) is 0 Å². The van der Waals surface area contributed by atoms with Crippen molar-refractivity contribution in [3.8, 4) is 0 Å². The smallest absolute Gasteiger partial charge is 0.423 e. The molecule has 0 aliphatic heterocycles. The molecular weight excluding hydrogens is 239 g/mol. The molecular formula is C15H23BO3. The number of rotatable bonds is 4. The molecule has 104 valence electrons. The van der Waals surface area contributed by atoms with E-state index < -0.39 is 7.12 Å². The minimum absolute atomic E-state index is 0.294. The lowest BCUT2D eigenvalue weighted by atomic mass is 9.77. The zero-order valence-corrected chi connectivity index (χ0v) is 11.7. The van der Waals surface area contributed by atoms with Crippen LogP contribution in [-0.2, 0) is 11.3 Å². The van der Waals surface area contributed by atoms with Crippen molar-refractivity contribution < 1.29 is 14.8 Å². The van der Waals surface area contributed by atoms with E-state index in [1.165, 1.54) is 6.42 Å². The highest BCUT2D eigenvalue weighted by Gasteiger charge is 2.25. The minimum Gasteiger partial charge on any atom is -0.423 e. The summed E-state index contributed by atoms with van der Waals surface area (Å²) < 4.78 is 5.98. The second kappa shape index (κ2) is 6.55. The van der Waals surface area contributed by atoms with Gasteiger partial charge in [-0.1, -0.05) is 38.1 Å². The molecule has 1 aromatic rings. The van der Waals surface area contributed by atoms with Crippen molar-refractivity contribution in [3.63, 3.8) is 0 Å². The summed E-state index contributed by atoms with van der Waals surface area (Å²) >= 11 is 0. The Hall–Kier alpha value is -0.835. The van der Waals surface area contributed by atoms with E-state index >= 15 is 0 Å². The SMILES string of the molecule is CC1CC(C)CC(OCc2ccccc2B(O)O)C1. The van der Waals surface area contributed by atoms with Crippen LogP contribution >= 0.6 is 0 Å². The molecule has 2 rings (SSSR count). The molecule has 2 atom stereocenters. The molecule has 1 aromatic carbocycles. The first kappa shape index (κ1) is 14.6. The maximum atomic E-state index is 9.33. The maximum absolute atomic E-state index is 9.33. The van der Waals surface area contributed by atoms with Gasteiger partial charge in [-0.05, 0) is 42.1 Å². The normalized spacial score (nSPS) is 27.3. The van der Waals surface area contributed by atoms with Crippen molar-refractivity contribution in [2.45, 2.75) is 45.8 Å². The number of benzene rings is 1. The molecule has 1 aliphatic rings. The highest BCUT2D eigenvalue weighted by Crippen LogP contribution is 2.30. The van der Waals surface area contributed by atoms with Gasteiger partial charge < -0.3 is 14.8 Å². The van der Waals surface area contributed by atoms with Crippen LogP contribution in [0, 0.1) is 11.8 Å². The van der Waals surface area contributed by atoms with Gasteiger partial charge >= 0.3 is 7.12 Å². The predicted octanol–water partition coefficient (Wildman–Crippen LogP) is 1.71. The van der Waals surface area contributed by atoms with E-state index in [-0.39, 0.29) is 0 Å². The monoisotopic (exact) mass is 262 g/mol. The van der Waals surface area contributed by atoms with E-state index in [0.29, 0.717) is 30.0 Å². The molecule has 0 spiro atoms. The van der Waals surface area contributed by atoms with Gasteiger partial charge in [-0.15, -0.1) is 0 Å². The average Bonchev–Trinajstić information content (AvgIpc) is 2.35. The number of hydrogen-bond donors (Lipinski definition) is 2. The molecule has 0 bridgehead atoms. The van der Waals surface area contributed by atoms with Crippen LogP contribution in [0.25, 0.3) is 0 Å². The van der Waals surface area contributed by atoms with Crippen LogP contribution in [0.5, 0.6) is 0 Å². The van der Waals surface area contributed by atoms with E-state index in [1.807, 2.05) is 18.2 Å². The molecule has 0 heterocycles. The van der Waals surface area contributed by atoms with Gasteiger partial charge in [0, 0.05) is 0 Å². The van der Waals surface area contributed by atoms with Gasteiger partial charge in [0.05, 0.1) is 12.7 Å². The lowest BCUT2D eigenvalue weighted by Crippen LogP contribution is -2.34. The zero-order valence-electron chi connectivity index (χ0n) is 11.7. The second-order valence-corrected chi connectivity index (χ2v) is 5.92. The molecule has 1 fully saturated rings. The fourth-order valence-corrected chi connectivity index (χ4v) is 3.13. The minimum atomic E-state index is -1.43. The van der Waals surface area contributed by atoms with Gasteiger partial charge in [-0.2, -0.15) is 0 Å². The van der Waals surface area contributed by atoms with Gasteiger partial charge in [0.15, 0.2) is 0 Å². The van der Waals surface area contributed by atoms with E-state index in [4.69, 9.17) is 4.74 Å². The Labute approximate surface area is 115 Å². The van der Waals surface area contributed by atoms with Gasteiger partial charge in [-0.25, -0.2) is 0 Å². The highest BCUT2D eigenvalue weighted by molar-refractivity contribution is 6.59. The molecule has 0 aromatic heterocycles. The van der Waals surface area contributed by atoms with Crippen molar-refractivity contribution in [2.75, 3.05) is 0 Å². The van der Waals surface area contributed by atoms with E-state index in [9.17, 15) is 10.0 Å². The number of ether oxygens (including phenoxy) is 1. The van der Waals surface area contributed by atoms with E-state index in [1.54, 1.807) is 6.07 Å². The Morgan fingerprint density at radius 2 is 1.74 bits per heavy atom. The molecule has 1 aliphatic carbocycles. The van der Waals surface area contributed by atoms with Crippen molar-refractivity contribution in [1.82, 2.24) is 0 Å². The number of hydrogen-bond acceptors (Lipinski definition) is 3. The largest absolute Gasteiger partial charge is 0.488 e. The molecule has 1 saturated carbocycles. The Kier molecular flexibility index (Phi) is 5.02. The second-order valence-electron chi connectivity index (χ2n) is 5.92. The average molecular weight is 262 g/mol. The molecule has 2 unspecified atom stereocenters. The molecule has 0 saturated heterocycles. The summed E-state index contributed by atoms with van der Waals surface area (Å²) in [6, 6.07) is 7.33. The third kappa shape index (κ3) is 4.06. The van der Waals surface area contributed by atoms with Crippen LogP contribution in [0.15, 0.2) is 24.3 Å².